The van der Waals surface area contributed by atoms with E-state index >= 15 is 0 Å². The Hall–Kier alpha value is -2.08. The quantitative estimate of drug-likeness (QED) is 0.841. The summed E-state index contributed by atoms with van der Waals surface area (Å²) in [6.07, 6.45) is 0.739. The van der Waals surface area contributed by atoms with E-state index in [0.717, 1.165) is 28.4 Å². The van der Waals surface area contributed by atoms with Gasteiger partial charge in [0.15, 0.2) is 0 Å². The molecular formula is C18H25N3O2S. The molecule has 0 atom stereocenters. The number of para-hydroxylation sites is 1. The molecule has 1 heterocycles. The molecule has 0 unspecified atom stereocenters. The largest absolute Gasteiger partial charge is 0.496 e. The maximum Gasteiger partial charge on any atom is 0.315 e. The first-order chi connectivity index (χ1) is 11.4. The lowest BCUT2D eigenvalue weighted by atomic mass is 9.93. The summed E-state index contributed by atoms with van der Waals surface area (Å²) in [5.41, 5.74) is 2.11. The molecule has 0 aliphatic carbocycles. The van der Waals surface area contributed by atoms with Gasteiger partial charge >= 0.3 is 6.03 Å². The molecule has 2 rings (SSSR count). The molecule has 0 radical (unpaired) electrons. The van der Waals surface area contributed by atoms with Crippen LogP contribution in [0.25, 0.3) is 0 Å². The highest BCUT2D eigenvalue weighted by Gasteiger charge is 2.17. The van der Waals surface area contributed by atoms with E-state index < -0.39 is 0 Å². The van der Waals surface area contributed by atoms with Crippen molar-refractivity contribution in [1.82, 2.24) is 15.6 Å². The number of hydrogen-bond acceptors (Lipinski definition) is 4. The van der Waals surface area contributed by atoms with Crippen molar-refractivity contribution in [3.63, 3.8) is 0 Å². The normalized spacial score (nSPS) is 11.2. The zero-order chi connectivity index (χ0) is 17.6. The van der Waals surface area contributed by atoms with Crippen LogP contribution >= 0.6 is 11.3 Å². The maximum absolute atomic E-state index is 11.9. The van der Waals surface area contributed by atoms with E-state index in [9.17, 15) is 4.79 Å². The van der Waals surface area contributed by atoms with Crippen molar-refractivity contribution in [2.24, 2.45) is 0 Å². The van der Waals surface area contributed by atoms with Gasteiger partial charge in [0.2, 0.25) is 0 Å². The van der Waals surface area contributed by atoms with Crippen molar-refractivity contribution in [1.29, 1.82) is 0 Å². The minimum Gasteiger partial charge on any atom is -0.496 e. The average Bonchev–Trinajstić information content (AvgIpc) is 3.02. The monoisotopic (exact) mass is 347 g/mol. The third kappa shape index (κ3) is 5.23. The van der Waals surface area contributed by atoms with Crippen LogP contribution in [0, 0.1) is 0 Å². The van der Waals surface area contributed by atoms with Crippen LogP contribution in [0.15, 0.2) is 29.6 Å². The first kappa shape index (κ1) is 18.3. The van der Waals surface area contributed by atoms with Gasteiger partial charge in [-0.2, -0.15) is 0 Å². The summed E-state index contributed by atoms with van der Waals surface area (Å²) in [5, 5.41) is 8.85. The van der Waals surface area contributed by atoms with Crippen molar-refractivity contribution in [2.45, 2.75) is 39.2 Å². The number of urea groups is 1. The van der Waals surface area contributed by atoms with E-state index in [2.05, 4.69) is 41.8 Å². The standard InChI is InChI=1S/C18H25N3O2S/c1-18(2,3)15-12-24-16(21-15)9-10-19-17(22)20-11-13-7-5-6-8-14(13)23-4/h5-8,12H,9-11H2,1-4H3,(H2,19,20,22). The van der Waals surface area contributed by atoms with Crippen LogP contribution in [0.2, 0.25) is 0 Å². The molecule has 0 fully saturated rings. The number of carbonyl (C=O) groups excluding carboxylic acids is 1. The lowest BCUT2D eigenvalue weighted by molar-refractivity contribution is 0.240. The van der Waals surface area contributed by atoms with Crippen molar-refractivity contribution < 1.29 is 9.53 Å². The Bertz CT molecular complexity index is 677. The first-order valence-corrected chi connectivity index (χ1v) is 8.86. The number of carbonyl (C=O) groups is 1. The van der Waals surface area contributed by atoms with Crippen molar-refractivity contribution >= 4 is 17.4 Å². The SMILES string of the molecule is COc1ccccc1CNC(=O)NCCc1nc(C(C)(C)C)cs1. The fraction of sp³-hybridized carbons (Fsp3) is 0.444. The molecule has 2 aromatic rings. The second kappa shape index (κ2) is 8.15. The molecule has 0 aliphatic rings. The van der Waals surface area contributed by atoms with Crippen LogP contribution in [0.3, 0.4) is 0 Å². The molecule has 130 valence electrons. The zero-order valence-corrected chi connectivity index (χ0v) is 15.5. The Kier molecular flexibility index (Phi) is 6.20. The van der Waals surface area contributed by atoms with Gasteiger partial charge in [0, 0.05) is 35.9 Å². The van der Waals surface area contributed by atoms with Crippen LogP contribution in [0.1, 0.15) is 37.0 Å². The fourth-order valence-electron chi connectivity index (χ4n) is 2.14. The smallest absolute Gasteiger partial charge is 0.315 e. The van der Waals surface area contributed by atoms with Gasteiger partial charge in [-0.25, -0.2) is 9.78 Å². The van der Waals surface area contributed by atoms with E-state index in [0.29, 0.717) is 13.1 Å². The minimum atomic E-state index is -0.187. The predicted octanol–water partition coefficient (Wildman–Crippen LogP) is 3.49. The second-order valence-corrected chi connectivity index (χ2v) is 7.49. The lowest BCUT2D eigenvalue weighted by Crippen LogP contribution is -2.36. The molecule has 0 spiro atoms. The van der Waals surface area contributed by atoms with Crippen LogP contribution < -0.4 is 15.4 Å². The van der Waals surface area contributed by atoms with Crippen LogP contribution in [-0.4, -0.2) is 24.7 Å². The number of hydrogen-bond donors (Lipinski definition) is 2. The number of ether oxygens (including phenoxy) is 1. The molecule has 5 nitrogen and oxygen atoms in total. The van der Waals surface area contributed by atoms with E-state index in [1.54, 1.807) is 18.4 Å². The van der Waals surface area contributed by atoms with Gasteiger partial charge in [0.05, 0.1) is 17.8 Å². The van der Waals surface area contributed by atoms with Gasteiger partial charge in [-0.05, 0) is 6.07 Å². The maximum atomic E-state index is 11.9. The van der Waals surface area contributed by atoms with Gasteiger partial charge < -0.3 is 15.4 Å². The Balaban J connectivity index is 1.74. The van der Waals surface area contributed by atoms with E-state index in [-0.39, 0.29) is 11.4 Å². The summed E-state index contributed by atoms with van der Waals surface area (Å²) in [4.78, 5) is 16.5. The molecule has 24 heavy (non-hydrogen) atoms. The third-order valence-corrected chi connectivity index (χ3v) is 4.49. The molecule has 2 N–H and O–H groups in total. The van der Waals surface area contributed by atoms with Crippen LogP contribution in [0.4, 0.5) is 4.79 Å². The third-order valence-electron chi connectivity index (χ3n) is 3.58. The number of nitrogens with one attached hydrogen (secondary N) is 2. The number of methoxy groups -OCH3 is 1. The predicted molar refractivity (Wildman–Crippen MR) is 97.8 cm³/mol. The van der Waals surface area contributed by atoms with Crippen molar-refractivity contribution in [2.75, 3.05) is 13.7 Å². The van der Waals surface area contributed by atoms with Crippen LogP contribution in [-0.2, 0) is 18.4 Å². The molecule has 1 aromatic carbocycles. The zero-order valence-electron chi connectivity index (χ0n) is 14.7. The molecule has 0 saturated heterocycles. The van der Waals surface area contributed by atoms with Crippen molar-refractivity contribution in [3.8, 4) is 5.75 Å². The average molecular weight is 347 g/mol. The molecule has 0 saturated carbocycles. The number of amides is 2. The highest BCUT2D eigenvalue weighted by molar-refractivity contribution is 7.09. The topological polar surface area (TPSA) is 63.2 Å². The molecule has 1 aromatic heterocycles. The Morgan fingerprint density at radius 3 is 2.67 bits per heavy atom. The number of benzene rings is 1. The summed E-state index contributed by atoms with van der Waals surface area (Å²) < 4.78 is 5.27. The van der Waals surface area contributed by atoms with E-state index in [1.165, 1.54) is 0 Å². The van der Waals surface area contributed by atoms with Crippen LogP contribution in [0.5, 0.6) is 5.75 Å². The Morgan fingerprint density at radius 2 is 2.00 bits per heavy atom. The minimum absolute atomic E-state index is 0.0638. The van der Waals surface area contributed by atoms with Crippen molar-refractivity contribution in [3.05, 3.63) is 45.9 Å². The van der Waals surface area contributed by atoms with Gasteiger partial charge in [0.1, 0.15) is 5.75 Å². The lowest BCUT2D eigenvalue weighted by Gasteiger charge is -2.14. The molecule has 0 bridgehead atoms. The van der Waals surface area contributed by atoms with Gasteiger partial charge in [0.25, 0.3) is 0 Å². The summed E-state index contributed by atoms with van der Waals surface area (Å²) in [6.45, 7) is 7.44. The number of thiazole rings is 1. The number of aromatic nitrogens is 1. The first-order valence-electron chi connectivity index (χ1n) is 7.98. The molecular weight excluding hydrogens is 322 g/mol. The Labute approximate surface area is 147 Å². The van der Waals surface area contributed by atoms with Gasteiger partial charge in [-0.1, -0.05) is 39.0 Å². The second-order valence-electron chi connectivity index (χ2n) is 6.55. The Morgan fingerprint density at radius 1 is 1.25 bits per heavy atom. The molecule has 0 aliphatic heterocycles. The van der Waals surface area contributed by atoms with Gasteiger partial charge in [-0.15, -0.1) is 11.3 Å². The highest BCUT2D eigenvalue weighted by atomic mass is 32.1. The van der Waals surface area contributed by atoms with E-state index in [4.69, 9.17) is 4.74 Å². The summed E-state index contributed by atoms with van der Waals surface area (Å²) in [5.74, 6) is 0.773. The fourth-order valence-corrected chi connectivity index (χ4v) is 3.17. The van der Waals surface area contributed by atoms with Gasteiger partial charge in [-0.3, -0.25) is 0 Å². The molecule has 6 heteroatoms. The number of rotatable bonds is 6. The highest BCUT2D eigenvalue weighted by Crippen LogP contribution is 2.23. The molecule has 2 amide bonds. The summed E-state index contributed by atoms with van der Waals surface area (Å²) >= 11 is 1.64. The summed E-state index contributed by atoms with van der Waals surface area (Å²) in [6, 6.07) is 7.45. The van der Waals surface area contributed by atoms with E-state index in [1.807, 2.05) is 24.3 Å². The number of nitrogens with zero attached hydrogens (tertiary/aromatic N) is 1. The summed E-state index contributed by atoms with van der Waals surface area (Å²) in [7, 11) is 1.62.